The lowest BCUT2D eigenvalue weighted by Gasteiger charge is -2.06. The molecule has 2 aromatic carbocycles. The van der Waals surface area contributed by atoms with Crippen molar-refractivity contribution in [1.29, 1.82) is 0 Å². The van der Waals surface area contributed by atoms with E-state index < -0.39 is 0 Å². The smallest absolute Gasteiger partial charge is 0.186 e. The molecule has 0 amide bonds. The van der Waals surface area contributed by atoms with Gasteiger partial charge in [0.25, 0.3) is 0 Å². The summed E-state index contributed by atoms with van der Waals surface area (Å²) in [6.07, 6.45) is 4.04. The molecule has 0 bridgehead atoms. The van der Waals surface area contributed by atoms with Crippen molar-refractivity contribution >= 4 is 34.3 Å². The van der Waals surface area contributed by atoms with Gasteiger partial charge >= 0.3 is 0 Å². The molecule has 0 fully saturated rings. The second-order valence-electron chi connectivity index (χ2n) is 4.32. The predicted molar refractivity (Wildman–Crippen MR) is 88.3 cm³/mol. The summed E-state index contributed by atoms with van der Waals surface area (Å²) in [7, 11) is 0. The summed E-state index contributed by atoms with van der Waals surface area (Å²) in [5.74, 6) is 0.714. The van der Waals surface area contributed by atoms with Gasteiger partial charge in [0.05, 0.1) is 0 Å². The maximum Gasteiger partial charge on any atom is 0.186 e. The fourth-order valence-electron chi connectivity index (χ4n) is 1.76. The van der Waals surface area contributed by atoms with E-state index in [2.05, 4.69) is 11.4 Å². The van der Waals surface area contributed by atoms with Gasteiger partial charge in [-0.2, -0.15) is 0 Å². The summed E-state index contributed by atoms with van der Waals surface area (Å²) in [5.41, 5.74) is 3.24. The van der Waals surface area contributed by atoms with Gasteiger partial charge in [0.2, 0.25) is 0 Å². The Hall–Kier alpha value is -2.00. The zero-order valence-electron chi connectivity index (χ0n) is 11.4. The molecule has 0 aliphatic heterocycles. The highest BCUT2D eigenvalue weighted by molar-refractivity contribution is 8.13. The lowest BCUT2D eigenvalue weighted by atomic mass is 10.2. The van der Waals surface area contributed by atoms with Gasteiger partial charge in [-0.05, 0) is 29.8 Å². The monoisotopic (exact) mass is 283 g/mol. The van der Waals surface area contributed by atoms with Crippen molar-refractivity contribution in [2.45, 2.75) is 6.92 Å². The van der Waals surface area contributed by atoms with Gasteiger partial charge in [-0.25, -0.2) is 0 Å². The number of carbonyl (C=O) groups excluding carboxylic acids is 1. The Morgan fingerprint density at radius 2 is 1.85 bits per heavy atom. The molecular formula is C17H17NOS. The van der Waals surface area contributed by atoms with Crippen molar-refractivity contribution < 1.29 is 4.79 Å². The third kappa shape index (κ3) is 4.94. The van der Waals surface area contributed by atoms with Gasteiger partial charge in [-0.3, -0.25) is 4.79 Å². The van der Waals surface area contributed by atoms with Crippen molar-refractivity contribution in [3.63, 3.8) is 0 Å². The molecular weight excluding hydrogens is 266 g/mol. The third-order valence-electron chi connectivity index (χ3n) is 2.64. The molecule has 0 aliphatic carbocycles. The Labute approximate surface area is 123 Å². The molecule has 0 aromatic heterocycles. The number of carbonyl (C=O) groups is 1. The van der Waals surface area contributed by atoms with Crippen LogP contribution in [-0.4, -0.2) is 10.9 Å². The van der Waals surface area contributed by atoms with Crippen molar-refractivity contribution in [1.82, 2.24) is 0 Å². The van der Waals surface area contributed by atoms with Crippen molar-refractivity contribution in [3.05, 3.63) is 66.2 Å². The van der Waals surface area contributed by atoms with Crippen molar-refractivity contribution in [2.75, 3.05) is 11.1 Å². The summed E-state index contributed by atoms with van der Waals surface area (Å²) in [6.45, 7) is 1.59. The summed E-state index contributed by atoms with van der Waals surface area (Å²) in [6, 6.07) is 18.3. The second kappa shape index (κ2) is 7.56. The molecule has 2 aromatic rings. The quantitative estimate of drug-likeness (QED) is 0.860. The van der Waals surface area contributed by atoms with E-state index in [9.17, 15) is 4.79 Å². The largest absolute Gasteiger partial charge is 0.356 e. The highest BCUT2D eigenvalue weighted by atomic mass is 32.2. The van der Waals surface area contributed by atoms with Crippen LogP contribution >= 0.6 is 11.8 Å². The number of nitrogens with one attached hydrogen (secondary N) is 1. The van der Waals surface area contributed by atoms with Crippen molar-refractivity contribution in [2.24, 2.45) is 0 Å². The zero-order chi connectivity index (χ0) is 14.2. The number of benzene rings is 2. The molecule has 0 heterocycles. The average Bonchev–Trinajstić information content (AvgIpc) is 2.45. The summed E-state index contributed by atoms with van der Waals surface area (Å²) in [4.78, 5) is 10.8. The first-order valence-corrected chi connectivity index (χ1v) is 7.44. The lowest BCUT2D eigenvalue weighted by molar-refractivity contribution is -0.109. The van der Waals surface area contributed by atoms with Crippen molar-refractivity contribution in [3.8, 4) is 0 Å². The normalized spacial score (nSPS) is 10.7. The van der Waals surface area contributed by atoms with Crippen LogP contribution in [0.25, 0.3) is 6.08 Å². The van der Waals surface area contributed by atoms with Gasteiger partial charge in [0.15, 0.2) is 5.12 Å². The molecule has 0 radical (unpaired) electrons. The molecule has 0 atom stereocenters. The summed E-state index contributed by atoms with van der Waals surface area (Å²) in [5, 5.41) is 3.51. The molecule has 1 N–H and O–H groups in total. The van der Waals surface area contributed by atoms with Crippen LogP contribution in [0, 0.1) is 0 Å². The Bertz CT molecular complexity index is 593. The molecule has 0 unspecified atom stereocenters. The van der Waals surface area contributed by atoms with E-state index in [1.165, 1.54) is 11.8 Å². The van der Waals surface area contributed by atoms with Crippen LogP contribution < -0.4 is 5.32 Å². The van der Waals surface area contributed by atoms with E-state index in [0.717, 1.165) is 16.9 Å². The molecule has 102 valence electrons. The topological polar surface area (TPSA) is 29.1 Å². The molecule has 2 rings (SSSR count). The standard InChI is InChI=1S/C17H17NOS/c1-14(19)20-12-6-8-15-7-5-11-17(13-15)18-16-9-3-2-4-10-16/h2-11,13,18H,12H2,1H3. The average molecular weight is 283 g/mol. The van der Waals surface area contributed by atoms with Gasteiger partial charge in [0.1, 0.15) is 0 Å². The number of anilines is 2. The molecule has 0 spiro atoms. The number of rotatable bonds is 5. The minimum absolute atomic E-state index is 0.147. The van der Waals surface area contributed by atoms with Gasteiger partial charge < -0.3 is 5.32 Å². The first-order chi connectivity index (χ1) is 9.74. The highest BCUT2D eigenvalue weighted by Crippen LogP contribution is 2.18. The molecule has 0 saturated carbocycles. The van der Waals surface area contributed by atoms with E-state index in [4.69, 9.17) is 0 Å². The minimum Gasteiger partial charge on any atom is -0.356 e. The first-order valence-electron chi connectivity index (χ1n) is 6.46. The van der Waals surface area contributed by atoms with Crippen LogP contribution in [0.4, 0.5) is 11.4 Å². The maximum absolute atomic E-state index is 10.8. The molecule has 3 heteroatoms. The lowest BCUT2D eigenvalue weighted by Crippen LogP contribution is -1.89. The van der Waals surface area contributed by atoms with Crippen LogP contribution in [0.2, 0.25) is 0 Å². The van der Waals surface area contributed by atoms with Crippen LogP contribution in [0.1, 0.15) is 12.5 Å². The first kappa shape index (κ1) is 14.4. The van der Waals surface area contributed by atoms with Gasteiger partial charge in [0, 0.05) is 24.1 Å². The highest BCUT2D eigenvalue weighted by Gasteiger charge is 1.95. The van der Waals surface area contributed by atoms with E-state index in [1.807, 2.05) is 60.7 Å². The fourth-order valence-corrected chi connectivity index (χ4v) is 2.19. The minimum atomic E-state index is 0.147. The Balaban J connectivity index is 1.99. The summed E-state index contributed by atoms with van der Waals surface area (Å²) < 4.78 is 0. The number of hydrogen-bond donors (Lipinski definition) is 1. The van der Waals surface area contributed by atoms with E-state index in [0.29, 0.717) is 5.75 Å². The third-order valence-corrected chi connectivity index (χ3v) is 3.41. The van der Waals surface area contributed by atoms with E-state index >= 15 is 0 Å². The molecule has 0 saturated heterocycles. The second-order valence-corrected chi connectivity index (χ2v) is 5.52. The zero-order valence-corrected chi connectivity index (χ0v) is 12.2. The summed E-state index contributed by atoms with van der Waals surface area (Å²) >= 11 is 1.32. The Morgan fingerprint density at radius 3 is 2.60 bits per heavy atom. The van der Waals surface area contributed by atoms with E-state index in [1.54, 1.807) is 6.92 Å². The number of hydrogen-bond acceptors (Lipinski definition) is 3. The fraction of sp³-hybridized carbons (Fsp3) is 0.118. The SMILES string of the molecule is CC(=O)SCC=Cc1cccc(Nc2ccccc2)c1. The van der Waals surface area contributed by atoms with Gasteiger partial charge in [-0.1, -0.05) is 54.2 Å². The molecule has 0 aliphatic rings. The maximum atomic E-state index is 10.8. The number of para-hydroxylation sites is 1. The van der Waals surface area contributed by atoms with Crippen LogP contribution in [0.3, 0.4) is 0 Å². The molecule has 20 heavy (non-hydrogen) atoms. The molecule has 2 nitrogen and oxygen atoms in total. The van der Waals surface area contributed by atoms with Crippen LogP contribution in [0.15, 0.2) is 60.7 Å². The Kier molecular flexibility index (Phi) is 5.44. The predicted octanol–water partition coefficient (Wildman–Crippen LogP) is 4.72. The van der Waals surface area contributed by atoms with E-state index in [-0.39, 0.29) is 5.12 Å². The Morgan fingerprint density at radius 1 is 1.10 bits per heavy atom. The van der Waals surface area contributed by atoms with Crippen LogP contribution in [-0.2, 0) is 4.79 Å². The number of thioether (sulfide) groups is 1. The van der Waals surface area contributed by atoms with Gasteiger partial charge in [-0.15, -0.1) is 0 Å². The van der Waals surface area contributed by atoms with Crippen LogP contribution in [0.5, 0.6) is 0 Å².